The van der Waals surface area contributed by atoms with Crippen LogP contribution in [-0.2, 0) is 6.42 Å². The second-order valence-corrected chi connectivity index (χ2v) is 9.65. The van der Waals surface area contributed by atoms with Crippen molar-refractivity contribution in [1.82, 2.24) is 5.32 Å². The molecule has 1 aliphatic heterocycles. The van der Waals surface area contributed by atoms with Gasteiger partial charge in [0, 0.05) is 24.0 Å². The van der Waals surface area contributed by atoms with Crippen LogP contribution in [0, 0.1) is 12.8 Å². The molecule has 4 aromatic rings. The van der Waals surface area contributed by atoms with Gasteiger partial charge in [-0.25, -0.2) is 4.79 Å². The number of carboxylic acids is 1. The number of hydrogen-bond donors (Lipinski definition) is 2. The second kappa shape index (κ2) is 11.2. The van der Waals surface area contributed by atoms with Gasteiger partial charge in [-0.1, -0.05) is 66.7 Å². The first-order chi connectivity index (χ1) is 17.0. The molecule has 0 amide bonds. The molecular weight excluding hydrogens is 468 g/mol. The molecule has 0 radical (unpaired) electrons. The molecule has 1 unspecified atom stereocenters. The summed E-state index contributed by atoms with van der Waals surface area (Å²) in [6.45, 7) is 5.90. The molecule has 0 aliphatic carbocycles. The predicted molar refractivity (Wildman–Crippen MR) is 151 cm³/mol. The Kier molecular flexibility index (Phi) is 7.97. The van der Waals surface area contributed by atoms with Crippen LogP contribution < -0.4 is 10.2 Å². The highest BCUT2D eigenvalue weighted by atomic mass is 35.5. The van der Waals surface area contributed by atoms with Crippen molar-refractivity contribution in [2.24, 2.45) is 5.92 Å². The van der Waals surface area contributed by atoms with E-state index >= 15 is 0 Å². The third-order valence-corrected chi connectivity index (χ3v) is 7.29. The molecule has 0 spiro atoms. The molecule has 1 heterocycles. The summed E-state index contributed by atoms with van der Waals surface area (Å²) in [5.41, 5.74) is 5.94. The van der Waals surface area contributed by atoms with Crippen molar-refractivity contribution >= 4 is 40.5 Å². The maximum Gasteiger partial charge on any atom is 0.336 e. The van der Waals surface area contributed by atoms with Crippen LogP contribution in [0.3, 0.4) is 0 Å². The van der Waals surface area contributed by atoms with Gasteiger partial charge in [0.25, 0.3) is 0 Å². The smallest absolute Gasteiger partial charge is 0.336 e. The summed E-state index contributed by atoms with van der Waals surface area (Å²) in [7, 11) is 0. The Morgan fingerprint density at radius 3 is 2.61 bits per heavy atom. The lowest BCUT2D eigenvalue weighted by Crippen LogP contribution is -2.34. The third kappa shape index (κ3) is 5.25. The maximum absolute atomic E-state index is 11.7. The summed E-state index contributed by atoms with van der Waals surface area (Å²) < 4.78 is 0. The minimum absolute atomic E-state index is 0. The standard InChI is InChI=1S/C31H32N2O2.ClH/c1-21-14-15-26(19-29(21)31(34)35)33-20-23(18-25-9-4-6-13-30(25)33)16-17-32-22(2)27-12-7-10-24-8-3-5-11-28(24)27;/h3-15,19,22-23,32H,16-18,20H2,1-2H3,(H,34,35);1H/t22-,23?;/m1./s1. The fourth-order valence-electron chi connectivity index (χ4n) is 5.37. The Morgan fingerprint density at radius 2 is 1.78 bits per heavy atom. The first kappa shape index (κ1) is 25.7. The molecule has 0 bridgehead atoms. The zero-order chi connectivity index (χ0) is 24.4. The maximum atomic E-state index is 11.7. The molecular formula is C31H33ClN2O2. The molecule has 4 aromatic carbocycles. The van der Waals surface area contributed by atoms with Crippen LogP contribution in [0.2, 0.25) is 0 Å². The SMILES string of the molecule is Cc1ccc(N2CC(CCN[C@H](C)c3cccc4ccccc34)Cc3ccccc32)cc1C(=O)O.Cl. The Hall–Kier alpha value is -3.34. The lowest BCUT2D eigenvalue weighted by atomic mass is 9.89. The number of fused-ring (bicyclic) bond motifs is 2. The zero-order valence-corrected chi connectivity index (χ0v) is 21.6. The minimum atomic E-state index is -0.877. The number of hydrogen-bond acceptors (Lipinski definition) is 3. The highest BCUT2D eigenvalue weighted by molar-refractivity contribution is 5.91. The quantitative estimate of drug-likeness (QED) is 0.279. The Morgan fingerprint density at radius 1 is 1.03 bits per heavy atom. The van der Waals surface area contributed by atoms with Crippen molar-refractivity contribution in [3.8, 4) is 0 Å². The monoisotopic (exact) mass is 500 g/mol. The van der Waals surface area contributed by atoms with Crippen molar-refractivity contribution in [2.45, 2.75) is 32.7 Å². The van der Waals surface area contributed by atoms with Gasteiger partial charge in [0.1, 0.15) is 0 Å². The topological polar surface area (TPSA) is 52.6 Å². The van der Waals surface area contributed by atoms with Crippen LogP contribution >= 0.6 is 12.4 Å². The van der Waals surface area contributed by atoms with Gasteiger partial charge in [0.05, 0.1) is 5.56 Å². The number of benzene rings is 4. The molecule has 2 N–H and O–H groups in total. The first-order valence-electron chi connectivity index (χ1n) is 12.4. The lowest BCUT2D eigenvalue weighted by molar-refractivity contribution is 0.0696. The molecule has 0 aromatic heterocycles. The number of halogens is 1. The van der Waals surface area contributed by atoms with Gasteiger partial charge in [-0.2, -0.15) is 0 Å². The van der Waals surface area contributed by atoms with Crippen molar-refractivity contribution in [3.05, 3.63) is 107 Å². The van der Waals surface area contributed by atoms with Crippen molar-refractivity contribution in [1.29, 1.82) is 0 Å². The average Bonchev–Trinajstić information content (AvgIpc) is 2.88. The van der Waals surface area contributed by atoms with Gasteiger partial charge in [-0.05, 0) is 84.8 Å². The molecule has 186 valence electrons. The van der Waals surface area contributed by atoms with Gasteiger partial charge in [-0.15, -0.1) is 12.4 Å². The zero-order valence-electron chi connectivity index (χ0n) is 20.8. The number of nitrogens with one attached hydrogen (secondary N) is 1. The van der Waals surface area contributed by atoms with E-state index < -0.39 is 5.97 Å². The lowest BCUT2D eigenvalue weighted by Gasteiger charge is -2.36. The Balaban J connectivity index is 0.00000304. The van der Waals surface area contributed by atoms with Gasteiger partial charge in [0.2, 0.25) is 0 Å². The highest BCUT2D eigenvalue weighted by Gasteiger charge is 2.26. The van der Waals surface area contributed by atoms with E-state index in [-0.39, 0.29) is 18.4 Å². The van der Waals surface area contributed by atoms with E-state index in [2.05, 4.69) is 83.9 Å². The second-order valence-electron chi connectivity index (χ2n) is 9.65. The number of carboxylic acid groups (broad SMARTS) is 1. The molecule has 0 saturated carbocycles. The van der Waals surface area contributed by atoms with Crippen molar-refractivity contribution in [2.75, 3.05) is 18.0 Å². The molecule has 0 fully saturated rings. The third-order valence-electron chi connectivity index (χ3n) is 7.29. The fraction of sp³-hybridized carbons (Fsp3) is 0.258. The van der Waals surface area contributed by atoms with E-state index in [1.807, 2.05) is 25.1 Å². The van der Waals surface area contributed by atoms with E-state index in [1.165, 1.54) is 27.6 Å². The van der Waals surface area contributed by atoms with Crippen LogP contribution in [0.5, 0.6) is 0 Å². The highest BCUT2D eigenvalue weighted by Crippen LogP contribution is 2.37. The number of aryl methyl sites for hydroxylation is 1. The van der Waals surface area contributed by atoms with Gasteiger partial charge in [0.15, 0.2) is 0 Å². The van der Waals surface area contributed by atoms with Gasteiger partial charge >= 0.3 is 5.97 Å². The molecule has 1 aliphatic rings. The normalized spacial score (nSPS) is 15.7. The van der Waals surface area contributed by atoms with Gasteiger partial charge in [-0.3, -0.25) is 0 Å². The summed E-state index contributed by atoms with van der Waals surface area (Å²) in [5, 5.41) is 16.0. The summed E-state index contributed by atoms with van der Waals surface area (Å²) >= 11 is 0. The van der Waals surface area contributed by atoms with Crippen molar-refractivity contribution in [3.63, 3.8) is 0 Å². The summed E-state index contributed by atoms with van der Waals surface area (Å²) in [6.07, 6.45) is 2.09. The number of anilines is 2. The molecule has 0 saturated heterocycles. The predicted octanol–water partition coefficient (Wildman–Crippen LogP) is 7.32. The number of nitrogens with zero attached hydrogens (tertiary/aromatic N) is 1. The summed E-state index contributed by atoms with van der Waals surface area (Å²) in [6, 6.07) is 29.6. The molecule has 36 heavy (non-hydrogen) atoms. The van der Waals surface area contributed by atoms with Crippen molar-refractivity contribution < 1.29 is 9.90 Å². The van der Waals surface area contributed by atoms with Crippen LogP contribution in [0.4, 0.5) is 11.4 Å². The number of carbonyl (C=O) groups is 1. The van der Waals surface area contributed by atoms with E-state index in [0.29, 0.717) is 11.5 Å². The summed E-state index contributed by atoms with van der Waals surface area (Å²) in [4.78, 5) is 14.0. The minimum Gasteiger partial charge on any atom is -0.478 e. The Labute approximate surface area is 219 Å². The van der Waals surface area contributed by atoms with E-state index in [1.54, 1.807) is 0 Å². The fourth-order valence-corrected chi connectivity index (χ4v) is 5.37. The molecule has 5 heteroatoms. The van der Waals surface area contributed by atoms with Crippen LogP contribution in [0.1, 0.15) is 46.4 Å². The molecule has 5 rings (SSSR count). The average molecular weight is 501 g/mol. The number of aromatic carboxylic acids is 1. The first-order valence-corrected chi connectivity index (χ1v) is 12.4. The van der Waals surface area contributed by atoms with E-state index in [9.17, 15) is 9.90 Å². The molecule has 2 atom stereocenters. The van der Waals surface area contributed by atoms with E-state index in [0.717, 1.165) is 37.2 Å². The largest absolute Gasteiger partial charge is 0.478 e. The summed E-state index contributed by atoms with van der Waals surface area (Å²) in [5.74, 6) is -0.399. The van der Waals surface area contributed by atoms with E-state index in [4.69, 9.17) is 0 Å². The number of rotatable bonds is 7. The van der Waals surface area contributed by atoms with Crippen LogP contribution in [0.25, 0.3) is 10.8 Å². The van der Waals surface area contributed by atoms with Crippen LogP contribution in [0.15, 0.2) is 84.9 Å². The van der Waals surface area contributed by atoms with Crippen LogP contribution in [-0.4, -0.2) is 24.2 Å². The van der Waals surface area contributed by atoms with Gasteiger partial charge < -0.3 is 15.3 Å². The number of para-hydroxylation sites is 1. The molecule has 4 nitrogen and oxygen atoms in total. The Bertz CT molecular complexity index is 1360.